The van der Waals surface area contributed by atoms with Crippen LogP contribution in [0.15, 0.2) is 41.6 Å². The van der Waals surface area contributed by atoms with E-state index in [1.807, 2.05) is 0 Å². The Balaban J connectivity index is 2.30. The molecule has 0 bridgehead atoms. The number of hydrogen-bond donors (Lipinski definition) is 3. The molecule has 2 aromatic rings. The third kappa shape index (κ3) is 3.34. The molecule has 1 aromatic carbocycles. The monoisotopic (exact) mass is 276 g/mol. The predicted octanol–water partition coefficient (Wildman–Crippen LogP) is 0.521. The fraction of sp³-hybridized carbons (Fsp3) is 0.0833. The minimum atomic E-state index is -3.64. The highest BCUT2D eigenvalue weighted by atomic mass is 32.2. The van der Waals surface area contributed by atoms with Gasteiger partial charge in [0.15, 0.2) is 0 Å². The van der Waals surface area contributed by atoms with Gasteiger partial charge in [0.25, 0.3) is 10.0 Å². The molecule has 4 N–H and O–H groups in total. The highest BCUT2D eigenvalue weighted by Crippen LogP contribution is 2.15. The van der Waals surface area contributed by atoms with Gasteiger partial charge in [0, 0.05) is 11.8 Å². The van der Waals surface area contributed by atoms with Crippen LogP contribution in [0.3, 0.4) is 0 Å². The number of hydrogen-bond acceptors (Lipinski definition) is 4. The number of benzene rings is 1. The van der Waals surface area contributed by atoms with Crippen molar-refractivity contribution in [1.29, 1.82) is 0 Å². The highest BCUT2D eigenvalue weighted by molar-refractivity contribution is 7.92. The first kappa shape index (κ1) is 13.1. The van der Waals surface area contributed by atoms with Gasteiger partial charge in [0.05, 0.1) is 23.3 Å². The van der Waals surface area contributed by atoms with Crippen molar-refractivity contribution in [3.05, 3.63) is 42.2 Å². The van der Waals surface area contributed by atoms with Gasteiger partial charge in [-0.15, -0.1) is 0 Å². The lowest BCUT2D eigenvalue weighted by atomic mass is 10.2. The van der Waals surface area contributed by atoms with Gasteiger partial charge in [0.2, 0.25) is 0 Å². The maximum Gasteiger partial charge on any atom is 0.262 e. The van der Waals surface area contributed by atoms with Gasteiger partial charge < -0.3 is 5.73 Å². The summed E-state index contributed by atoms with van der Waals surface area (Å²) in [5, 5.41) is 6.20. The number of nitrogens with one attached hydrogen (secondary N) is 2. The molecule has 7 heteroatoms. The number of rotatable bonds is 3. The van der Waals surface area contributed by atoms with Gasteiger partial charge in [-0.2, -0.15) is 5.10 Å². The van der Waals surface area contributed by atoms with Gasteiger partial charge in [-0.1, -0.05) is 17.9 Å². The molecule has 0 spiro atoms. The van der Waals surface area contributed by atoms with E-state index in [0.717, 1.165) is 0 Å². The smallest absolute Gasteiger partial charge is 0.262 e. The fourth-order valence-electron chi connectivity index (χ4n) is 1.41. The Morgan fingerprint density at radius 2 is 2.26 bits per heavy atom. The second-order valence-corrected chi connectivity index (χ2v) is 5.31. The van der Waals surface area contributed by atoms with Crippen molar-refractivity contribution in [2.45, 2.75) is 4.90 Å². The number of aromatic amines is 1. The molecule has 98 valence electrons. The summed E-state index contributed by atoms with van der Waals surface area (Å²) in [6.45, 7) is 0.226. The van der Waals surface area contributed by atoms with Crippen molar-refractivity contribution in [1.82, 2.24) is 10.2 Å². The molecule has 0 radical (unpaired) electrons. The Hall–Kier alpha value is -2.30. The van der Waals surface area contributed by atoms with Gasteiger partial charge in [-0.05, 0) is 18.2 Å². The number of nitrogens with zero attached hydrogens (tertiary/aromatic N) is 1. The standard InChI is InChI=1S/C12H12N4O2S/c13-6-2-4-10-3-1-5-12(7-10)19(17,18)16-11-8-14-15-9-11/h1,3,5,7-9,16H,6,13H2,(H,14,15). The van der Waals surface area contributed by atoms with E-state index in [4.69, 9.17) is 5.73 Å². The normalized spacial score (nSPS) is 10.6. The van der Waals surface area contributed by atoms with Crippen LogP contribution in [-0.2, 0) is 10.0 Å². The third-order valence-corrected chi connectivity index (χ3v) is 3.61. The molecule has 2 rings (SSSR count). The van der Waals surface area contributed by atoms with Crippen LogP contribution in [0.5, 0.6) is 0 Å². The van der Waals surface area contributed by atoms with Crippen LogP contribution < -0.4 is 10.5 Å². The summed E-state index contributed by atoms with van der Waals surface area (Å²) in [5.74, 6) is 5.47. The Kier molecular flexibility index (Phi) is 3.85. The van der Waals surface area contributed by atoms with Gasteiger partial charge in [-0.3, -0.25) is 9.82 Å². The Bertz CT molecular complexity index is 712. The molecule has 1 aromatic heterocycles. The van der Waals surface area contributed by atoms with Gasteiger partial charge in [0.1, 0.15) is 0 Å². The first-order valence-corrected chi connectivity index (χ1v) is 6.91. The lowest BCUT2D eigenvalue weighted by molar-refractivity contribution is 0.601. The number of sulfonamides is 1. The van der Waals surface area contributed by atoms with Gasteiger partial charge >= 0.3 is 0 Å². The molecule has 1 heterocycles. The Morgan fingerprint density at radius 1 is 1.42 bits per heavy atom. The Morgan fingerprint density at radius 3 is 2.95 bits per heavy atom. The van der Waals surface area contributed by atoms with E-state index in [2.05, 4.69) is 26.8 Å². The SMILES string of the molecule is NCC#Cc1cccc(S(=O)(=O)Nc2cn[nH]c2)c1. The van der Waals surface area contributed by atoms with Gasteiger partial charge in [-0.25, -0.2) is 8.42 Å². The summed E-state index contributed by atoms with van der Waals surface area (Å²) in [5.41, 5.74) is 6.25. The van der Waals surface area contributed by atoms with E-state index in [-0.39, 0.29) is 11.4 Å². The van der Waals surface area contributed by atoms with E-state index >= 15 is 0 Å². The predicted molar refractivity (Wildman–Crippen MR) is 71.8 cm³/mol. The third-order valence-electron chi connectivity index (χ3n) is 2.23. The molecular weight excluding hydrogens is 264 g/mol. The quantitative estimate of drug-likeness (QED) is 0.711. The van der Waals surface area contributed by atoms with Crippen molar-refractivity contribution in [2.24, 2.45) is 5.73 Å². The van der Waals surface area contributed by atoms with Crippen LogP contribution in [0.1, 0.15) is 5.56 Å². The minimum absolute atomic E-state index is 0.137. The van der Waals surface area contributed by atoms with Crippen LogP contribution in [0, 0.1) is 11.8 Å². The summed E-state index contributed by atoms with van der Waals surface area (Å²) in [4.78, 5) is 0.137. The second-order valence-electron chi connectivity index (χ2n) is 3.63. The van der Waals surface area contributed by atoms with Crippen LogP contribution in [0.25, 0.3) is 0 Å². The maximum atomic E-state index is 12.1. The number of H-pyrrole nitrogens is 1. The van der Waals surface area contributed by atoms with Crippen molar-refractivity contribution < 1.29 is 8.42 Å². The lowest BCUT2D eigenvalue weighted by Gasteiger charge is -2.05. The average Bonchev–Trinajstić information content (AvgIpc) is 2.89. The first-order valence-electron chi connectivity index (χ1n) is 5.42. The molecular formula is C12H12N4O2S. The largest absolute Gasteiger partial charge is 0.320 e. The molecule has 19 heavy (non-hydrogen) atoms. The van der Waals surface area contributed by atoms with E-state index in [9.17, 15) is 8.42 Å². The molecule has 6 nitrogen and oxygen atoms in total. The van der Waals surface area contributed by atoms with Crippen LogP contribution in [-0.4, -0.2) is 25.2 Å². The van der Waals surface area contributed by atoms with E-state index in [1.54, 1.807) is 12.1 Å². The summed E-state index contributed by atoms with van der Waals surface area (Å²) in [6, 6.07) is 6.34. The number of aromatic nitrogens is 2. The zero-order valence-electron chi connectivity index (χ0n) is 9.92. The van der Waals surface area contributed by atoms with E-state index in [1.165, 1.54) is 24.5 Å². The first-order chi connectivity index (χ1) is 9.12. The zero-order chi connectivity index (χ0) is 13.7. The number of nitrogens with two attached hydrogens (primary N) is 1. The number of anilines is 1. The lowest BCUT2D eigenvalue weighted by Crippen LogP contribution is -2.12. The Labute approximate surface area is 111 Å². The summed E-state index contributed by atoms with van der Waals surface area (Å²) in [7, 11) is -3.64. The highest BCUT2D eigenvalue weighted by Gasteiger charge is 2.14. The minimum Gasteiger partial charge on any atom is -0.320 e. The summed E-state index contributed by atoms with van der Waals surface area (Å²) >= 11 is 0. The van der Waals surface area contributed by atoms with E-state index < -0.39 is 10.0 Å². The van der Waals surface area contributed by atoms with Crippen LogP contribution in [0.4, 0.5) is 5.69 Å². The van der Waals surface area contributed by atoms with Crippen molar-refractivity contribution >= 4 is 15.7 Å². The molecule has 0 saturated heterocycles. The fourth-order valence-corrected chi connectivity index (χ4v) is 2.49. The molecule has 0 amide bonds. The molecule has 0 saturated carbocycles. The van der Waals surface area contributed by atoms with Crippen LogP contribution >= 0.6 is 0 Å². The summed E-state index contributed by atoms with van der Waals surface area (Å²) in [6.07, 6.45) is 2.84. The molecule has 0 atom stereocenters. The van der Waals surface area contributed by atoms with E-state index in [0.29, 0.717) is 11.3 Å². The second kappa shape index (κ2) is 5.56. The molecule has 0 aliphatic heterocycles. The van der Waals surface area contributed by atoms with Crippen molar-refractivity contribution in [3.8, 4) is 11.8 Å². The zero-order valence-corrected chi connectivity index (χ0v) is 10.7. The molecule has 0 fully saturated rings. The molecule has 0 aliphatic rings. The average molecular weight is 276 g/mol. The summed E-state index contributed by atoms with van der Waals surface area (Å²) < 4.78 is 26.6. The van der Waals surface area contributed by atoms with Crippen LogP contribution in [0.2, 0.25) is 0 Å². The maximum absolute atomic E-state index is 12.1. The van der Waals surface area contributed by atoms with Crippen molar-refractivity contribution in [2.75, 3.05) is 11.3 Å². The molecule has 0 aliphatic carbocycles. The topological polar surface area (TPSA) is 101 Å². The molecule has 0 unspecified atom stereocenters. The van der Waals surface area contributed by atoms with Crippen molar-refractivity contribution in [3.63, 3.8) is 0 Å².